The molecule has 2 N–H and O–H groups in total. The third-order valence-electron chi connectivity index (χ3n) is 3.10. The van der Waals surface area contributed by atoms with Gasteiger partial charge in [0.2, 0.25) is 0 Å². The average molecular weight is 350 g/mol. The highest BCUT2D eigenvalue weighted by molar-refractivity contribution is 9.10. The van der Waals surface area contributed by atoms with Crippen molar-refractivity contribution in [1.82, 2.24) is 0 Å². The minimum absolute atomic E-state index is 0.263. The molecule has 0 fully saturated rings. The number of halogens is 1. The van der Waals surface area contributed by atoms with Gasteiger partial charge in [0.1, 0.15) is 5.75 Å². The summed E-state index contributed by atoms with van der Waals surface area (Å²) in [6, 6.07) is 13.0. The minimum atomic E-state index is -0.941. The van der Waals surface area contributed by atoms with Crippen molar-refractivity contribution in [2.75, 3.05) is 19.0 Å². The quantitative estimate of drug-likeness (QED) is 0.832. The molecular weight excluding hydrogens is 334 g/mol. The van der Waals surface area contributed by atoms with Crippen LogP contribution in [0.1, 0.15) is 15.9 Å². The van der Waals surface area contributed by atoms with E-state index >= 15 is 0 Å². The maximum Gasteiger partial charge on any atom is 0.337 e. The molecular formula is C16H16BrNO3. The fraction of sp³-hybridized carbons (Fsp3) is 0.188. The predicted octanol–water partition coefficient (Wildman–Crippen LogP) is 3.81. The molecule has 5 heteroatoms. The molecule has 2 rings (SSSR count). The fourth-order valence-electron chi connectivity index (χ4n) is 1.98. The van der Waals surface area contributed by atoms with Crippen LogP contribution in [-0.2, 0) is 6.42 Å². The van der Waals surface area contributed by atoms with Crippen LogP contribution in [0.3, 0.4) is 0 Å². The summed E-state index contributed by atoms with van der Waals surface area (Å²) in [6.45, 7) is 0.661. The second-order valence-corrected chi connectivity index (χ2v) is 5.44. The standard InChI is InChI=1S/C16H16BrNO3/c1-21-13-5-2-11(3-6-13)8-9-18-15-7-4-12(17)10-14(15)16(19)20/h2-7,10,18H,8-9H2,1H3,(H,19,20). The molecule has 0 saturated carbocycles. The van der Waals surface area contributed by atoms with Crippen LogP contribution in [0.15, 0.2) is 46.9 Å². The van der Waals surface area contributed by atoms with Crippen LogP contribution in [0.5, 0.6) is 5.75 Å². The highest BCUT2D eigenvalue weighted by Crippen LogP contribution is 2.21. The highest BCUT2D eigenvalue weighted by atomic mass is 79.9. The Morgan fingerprint density at radius 2 is 1.95 bits per heavy atom. The number of rotatable bonds is 6. The van der Waals surface area contributed by atoms with E-state index in [1.165, 1.54) is 0 Å². The number of carboxylic acids is 1. The molecule has 21 heavy (non-hydrogen) atoms. The van der Waals surface area contributed by atoms with Gasteiger partial charge >= 0.3 is 5.97 Å². The number of methoxy groups -OCH3 is 1. The van der Waals surface area contributed by atoms with E-state index in [1.807, 2.05) is 30.3 Å². The molecule has 0 amide bonds. The van der Waals surface area contributed by atoms with Gasteiger partial charge < -0.3 is 15.2 Å². The van der Waals surface area contributed by atoms with E-state index in [-0.39, 0.29) is 5.56 Å². The van der Waals surface area contributed by atoms with E-state index in [2.05, 4.69) is 21.2 Å². The lowest BCUT2D eigenvalue weighted by molar-refractivity contribution is 0.0698. The molecule has 0 bridgehead atoms. The van der Waals surface area contributed by atoms with Crippen LogP contribution in [0, 0.1) is 0 Å². The van der Waals surface area contributed by atoms with Crippen LogP contribution in [0.4, 0.5) is 5.69 Å². The largest absolute Gasteiger partial charge is 0.497 e. The lowest BCUT2D eigenvalue weighted by atomic mass is 10.1. The minimum Gasteiger partial charge on any atom is -0.497 e. The summed E-state index contributed by atoms with van der Waals surface area (Å²) in [5, 5.41) is 12.4. The van der Waals surface area contributed by atoms with E-state index in [4.69, 9.17) is 4.74 Å². The van der Waals surface area contributed by atoms with Crippen molar-refractivity contribution in [1.29, 1.82) is 0 Å². The molecule has 0 aliphatic carbocycles. The van der Waals surface area contributed by atoms with Crippen molar-refractivity contribution in [3.8, 4) is 5.75 Å². The van der Waals surface area contributed by atoms with Gasteiger partial charge in [0.05, 0.1) is 12.7 Å². The van der Waals surface area contributed by atoms with Crippen LogP contribution in [-0.4, -0.2) is 24.7 Å². The third kappa shape index (κ3) is 4.23. The number of benzene rings is 2. The lowest BCUT2D eigenvalue weighted by Crippen LogP contribution is -2.09. The maximum absolute atomic E-state index is 11.2. The zero-order valence-electron chi connectivity index (χ0n) is 11.6. The molecule has 0 saturated heterocycles. The first-order valence-electron chi connectivity index (χ1n) is 6.50. The Kier molecular flexibility index (Phi) is 5.22. The predicted molar refractivity (Wildman–Crippen MR) is 86.3 cm³/mol. The van der Waals surface area contributed by atoms with E-state index < -0.39 is 5.97 Å². The SMILES string of the molecule is COc1ccc(CCNc2ccc(Br)cc2C(=O)O)cc1. The van der Waals surface area contributed by atoms with E-state index in [9.17, 15) is 9.90 Å². The topological polar surface area (TPSA) is 58.6 Å². The van der Waals surface area contributed by atoms with Gasteiger partial charge in [-0.3, -0.25) is 0 Å². The number of hydrogen-bond donors (Lipinski definition) is 2. The molecule has 4 nitrogen and oxygen atoms in total. The van der Waals surface area contributed by atoms with E-state index in [1.54, 1.807) is 19.2 Å². The normalized spacial score (nSPS) is 10.2. The molecule has 0 heterocycles. The van der Waals surface area contributed by atoms with Crippen molar-refractivity contribution in [2.24, 2.45) is 0 Å². The number of anilines is 1. The molecule has 110 valence electrons. The molecule has 0 aliphatic heterocycles. The third-order valence-corrected chi connectivity index (χ3v) is 3.59. The van der Waals surface area contributed by atoms with Crippen LogP contribution in [0.25, 0.3) is 0 Å². The second kappa shape index (κ2) is 7.13. The summed E-state index contributed by atoms with van der Waals surface area (Å²) >= 11 is 3.28. The van der Waals surface area contributed by atoms with Gasteiger partial charge in [-0.1, -0.05) is 28.1 Å². The van der Waals surface area contributed by atoms with Gasteiger partial charge in [-0.2, -0.15) is 0 Å². The summed E-state index contributed by atoms with van der Waals surface area (Å²) in [7, 11) is 1.64. The first kappa shape index (κ1) is 15.4. The highest BCUT2D eigenvalue weighted by Gasteiger charge is 2.10. The molecule has 0 aromatic heterocycles. The zero-order valence-corrected chi connectivity index (χ0v) is 13.2. The van der Waals surface area contributed by atoms with Crippen LogP contribution < -0.4 is 10.1 Å². The molecule has 0 unspecified atom stereocenters. The van der Waals surface area contributed by atoms with Gasteiger partial charge in [0.25, 0.3) is 0 Å². The summed E-state index contributed by atoms with van der Waals surface area (Å²) < 4.78 is 5.86. The summed E-state index contributed by atoms with van der Waals surface area (Å²) in [5.41, 5.74) is 2.05. The van der Waals surface area contributed by atoms with Gasteiger partial charge in [-0.25, -0.2) is 4.79 Å². The molecule has 0 spiro atoms. The van der Waals surface area contributed by atoms with Gasteiger partial charge in [-0.15, -0.1) is 0 Å². The Morgan fingerprint density at radius 1 is 1.24 bits per heavy atom. The van der Waals surface area contributed by atoms with E-state index in [0.29, 0.717) is 12.2 Å². The molecule has 2 aromatic rings. The Balaban J connectivity index is 1.98. The number of hydrogen-bond acceptors (Lipinski definition) is 3. The second-order valence-electron chi connectivity index (χ2n) is 4.52. The number of carboxylic acid groups (broad SMARTS) is 1. The van der Waals surface area contributed by atoms with Gasteiger partial charge in [-0.05, 0) is 42.3 Å². The van der Waals surface area contributed by atoms with Crippen molar-refractivity contribution in [3.63, 3.8) is 0 Å². The summed E-state index contributed by atoms with van der Waals surface area (Å²) in [6.07, 6.45) is 0.805. The Labute approximate surface area is 131 Å². The monoisotopic (exact) mass is 349 g/mol. The fourth-order valence-corrected chi connectivity index (χ4v) is 2.34. The van der Waals surface area contributed by atoms with Gasteiger partial charge in [0, 0.05) is 16.7 Å². The maximum atomic E-state index is 11.2. The number of ether oxygens (including phenoxy) is 1. The van der Waals surface area contributed by atoms with Crippen molar-refractivity contribution in [3.05, 3.63) is 58.1 Å². The molecule has 0 atom stereocenters. The van der Waals surface area contributed by atoms with Gasteiger partial charge in [0.15, 0.2) is 0 Å². The lowest BCUT2D eigenvalue weighted by Gasteiger charge is -2.10. The molecule has 0 radical (unpaired) electrons. The van der Waals surface area contributed by atoms with Crippen LogP contribution >= 0.6 is 15.9 Å². The summed E-state index contributed by atoms with van der Waals surface area (Å²) in [4.78, 5) is 11.2. The molecule has 2 aromatic carbocycles. The first-order chi connectivity index (χ1) is 10.1. The number of aromatic carboxylic acids is 1. The first-order valence-corrected chi connectivity index (χ1v) is 7.29. The van der Waals surface area contributed by atoms with E-state index in [0.717, 1.165) is 22.2 Å². The zero-order chi connectivity index (χ0) is 15.2. The Bertz CT molecular complexity index is 626. The van der Waals surface area contributed by atoms with Crippen LogP contribution in [0.2, 0.25) is 0 Å². The smallest absolute Gasteiger partial charge is 0.337 e. The summed E-state index contributed by atoms with van der Waals surface area (Å²) in [5.74, 6) is -0.115. The number of carbonyl (C=O) groups is 1. The van der Waals surface area contributed by atoms with Crippen molar-refractivity contribution < 1.29 is 14.6 Å². The Morgan fingerprint density at radius 3 is 2.57 bits per heavy atom. The Hall–Kier alpha value is -2.01. The number of nitrogens with one attached hydrogen (secondary N) is 1. The van der Waals surface area contributed by atoms with Crippen molar-refractivity contribution in [2.45, 2.75) is 6.42 Å². The average Bonchev–Trinajstić information content (AvgIpc) is 2.49. The molecule has 0 aliphatic rings. The van der Waals surface area contributed by atoms with Crippen molar-refractivity contribution >= 4 is 27.6 Å².